The van der Waals surface area contributed by atoms with Crippen molar-refractivity contribution in [3.8, 4) is 0 Å². The van der Waals surface area contributed by atoms with Crippen LogP contribution >= 0.6 is 23.6 Å². The fraction of sp³-hybridized carbons (Fsp3) is 0.471. The fourth-order valence-corrected chi connectivity index (χ4v) is 3.89. The Kier molecular flexibility index (Phi) is 6.33. The molecular formula is C17H21FN4O2S2. The van der Waals surface area contributed by atoms with Crippen LogP contribution < -0.4 is 5.32 Å². The van der Waals surface area contributed by atoms with E-state index in [1.807, 2.05) is 6.92 Å². The highest BCUT2D eigenvalue weighted by Crippen LogP contribution is 2.24. The fourth-order valence-electron chi connectivity index (χ4n) is 2.88. The van der Waals surface area contributed by atoms with Crippen molar-refractivity contribution in [2.75, 3.05) is 25.0 Å². The number of rotatable bonds is 6. The van der Waals surface area contributed by atoms with Gasteiger partial charge in [0, 0.05) is 13.1 Å². The number of halogens is 1. The second-order valence-corrected chi connectivity index (χ2v) is 7.69. The lowest BCUT2D eigenvalue weighted by atomic mass is 9.97. The summed E-state index contributed by atoms with van der Waals surface area (Å²) in [7, 11) is 0. The Hall–Kier alpha value is -1.84. The Morgan fingerprint density at radius 2 is 2.15 bits per heavy atom. The molecule has 0 spiro atoms. The quantitative estimate of drug-likeness (QED) is 0.592. The summed E-state index contributed by atoms with van der Waals surface area (Å²) in [6.07, 6.45) is 1.55. The molecule has 6 nitrogen and oxygen atoms in total. The molecule has 2 heterocycles. The molecule has 0 bridgehead atoms. The molecule has 3 rings (SSSR count). The summed E-state index contributed by atoms with van der Waals surface area (Å²) in [4.78, 5) is 14.0. The topological polar surface area (TPSA) is 59.4 Å². The number of piperidine rings is 1. The Morgan fingerprint density at radius 3 is 2.85 bits per heavy atom. The van der Waals surface area contributed by atoms with Crippen molar-refractivity contribution in [1.29, 1.82) is 0 Å². The lowest BCUT2D eigenvalue weighted by molar-refractivity contribution is -0.149. The van der Waals surface area contributed by atoms with Crippen molar-refractivity contribution < 1.29 is 13.9 Å². The van der Waals surface area contributed by atoms with Gasteiger partial charge >= 0.3 is 5.97 Å². The van der Waals surface area contributed by atoms with Crippen LogP contribution in [0.5, 0.6) is 0 Å². The van der Waals surface area contributed by atoms with E-state index in [4.69, 9.17) is 17.0 Å². The van der Waals surface area contributed by atoms with Crippen LogP contribution in [0.25, 0.3) is 0 Å². The van der Waals surface area contributed by atoms with Gasteiger partial charge < -0.3 is 10.1 Å². The van der Waals surface area contributed by atoms with Gasteiger partial charge in [0.25, 0.3) is 0 Å². The molecule has 1 aliphatic rings. The van der Waals surface area contributed by atoms with E-state index in [0.717, 1.165) is 25.9 Å². The third-order valence-electron chi connectivity index (χ3n) is 4.26. The van der Waals surface area contributed by atoms with Gasteiger partial charge in [-0.15, -0.1) is 5.10 Å². The number of hydrogen-bond donors (Lipinski definition) is 1. The van der Waals surface area contributed by atoms with Crippen molar-refractivity contribution in [3.05, 3.63) is 34.0 Å². The molecule has 0 unspecified atom stereocenters. The van der Waals surface area contributed by atoms with E-state index in [1.165, 1.54) is 17.4 Å². The Labute approximate surface area is 160 Å². The van der Waals surface area contributed by atoms with Gasteiger partial charge in [-0.25, -0.2) is 9.07 Å². The van der Waals surface area contributed by atoms with Crippen molar-refractivity contribution in [1.82, 2.24) is 14.7 Å². The number of carbonyl (C=O) groups is 1. The van der Waals surface area contributed by atoms with E-state index in [0.29, 0.717) is 28.0 Å². The number of benzene rings is 1. The zero-order chi connectivity index (χ0) is 18.5. The van der Waals surface area contributed by atoms with Crippen molar-refractivity contribution in [2.24, 2.45) is 5.92 Å². The number of likely N-dealkylation sites (tertiary alicyclic amines) is 1. The number of carbonyl (C=O) groups excluding carboxylic acids is 1. The molecular weight excluding hydrogens is 375 g/mol. The molecule has 9 heteroatoms. The van der Waals surface area contributed by atoms with Gasteiger partial charge in [0.1, 0.15) is 5.82 Å². The molecule has 0 atom stereocenters. The molecule has 0 saturated carbocycles. The normalized spacial score (nSPS) is 15.8. The summed E-state index contributed by atoms with van der Waals surface area (Å²) in [6, 6.07) is 6.45. The second kappa shape index (κ2) is 8.70. The van der Waals surface area contributed by atoms with E-state index >= 15 is 0 Å². The van der Waals surface area contributed by atoms with Crippen molar-refractivity contribution in [2.45, 2.75) is 26.4 Å². The number of nitrogens with one attached hydrogen (secondary N) is 1. The standard InChI is InChI=1S/C17H21FN4O2S2/c1-2-24-15(23)12-7-9-21(10-8-12)11-22-17(25)26-16(20-22)19-14-6-4-3-5-13(14)18/h3-6,12H,2,7-11H2,1H3,(H,19,20). The molecule has 1 aliphatic heterocycles. The summed E-state index contributed by atoms with van der Waals surface area (Å²) in [5.74, 6) is -0.456. The van der Waals surface area contributed by atoms with E-state index < -0.39 is 0 Å². The molecule has 26 heavy (non-hydrogen) atoms. The first kappa shape index (κ1) is 18.9. The largest absolute Gasteiger partial charge is 0.466 e. The molecule has 1 aromatic carbocycles. The van der Waals surface area contributed by atoms with Crippen LogP contribution in [-0.4, -0.2) is 40.3 Å². The first-order valence-electron chi connectivity index (χ1n) is 8.55. The van der Waals surface area contributed by atoms with Crippen LogP contribution in [0.3, 0.4) is 0 Å². The maximum Gasteiger partial charge on any atom is 0.309 e. The number of nitrogens with zero attached hydrogens (tertiary/aromatic N) is 3. The molecule has 2 aromatic rings. The van der Waals surface area contributed by atoms with Crippen LogP contribution in [0, 0.1) is 15.7 Å². The van der Waals surface area contributed by atoms with Gasteiger partial charge in [-0.05, 0) is 44.1 Å². The summed E-state index contributed by atoms with van der Waals surface area (Å²) >= 11 is 6.68. The van der Waals surface area contributed by atoms with Crippen LogP contribution in [0.4, 0.5) is 15.2 Å². The lowest BCUT2D eigenvalue weighted by Gasteiger charge is -2.30. The van der Waals surface area contributed by atoms with Gasteiger partial charge in [-0.1, -0.05) is 23.5 Å². The maximum atomic E-state index is 13.7. The summed E-state index contributed by atoms with van der Waals surface area (Å²) in [5, 5.41) is 7.97. The Bertz CT molecular complexity index is 815. The van der Waals surface area contributed by atoms with Crippen LogP contribution in [-0.2, 0) is 16.2 Å². The molecule has 1 fully saturated rings. The van der Waals surface area contributed by atoms with Crippen molar-refractivity contribution in [3.63, 3.8) is 0 Å². The van der Waals surface area contributed by atoms with Crippen LogP contribution in [0.15, 0.2) is 24.3 Å². The van der Waals surface area contributed by atoms with Gasteiger partial charge in [-0.3, -0.25) is 9.69 Å². The minimum absolute atomic E-state index is 0.0205. The number of para-hydroxylation sites is 1. The predicted octanol–water partition coefficient (Wildman–Crippen LogP) is 3.79. The van der Waals surface area contributed by atoms with Crippen LogP contribution in [0.2, 0.25) is 0 Å². The Balaban J connectivity index is 1.58. The third-order valence-corrected chi connectivity index (χ3v) is 5.49. The van der Waals surface area contributed by atoms with Crippen LogP contribution in [0.1, 0.15) is 19.8 Å². The smallest absolute Gasteiger partial charge is 0.309 e. The minimum atomic E-state index is -0.332. The number of aromatic nitrogens is 2. The number of anilines is 2. The van der Waals surface area contributed by atoms with E-state index in [2.05, 4.69) is 15.3 Å². The highest BCUT2D eigenvalue weighted by Gasteiger charge is 2.26. The average Bonchev–Trinajstić information content (AvgIpc) is 2.97. The van der Waals surface area contributed by atoms with Gasteiger partial charge in [0.15, 0.2) is 3.95 Å². The molecule has 0 amide bonds. The number of hydrogen-bond acceptors (Lipinski definition) is 7. The SMILES string of the molecule is CCOC(=O)C1CCN(Cn2nc(Nc3ccccc3F)sc2=S)CC1. The van der Waals surface area contributed by atoms with Gasteiger partial charge in [-0.2, -0.15) is 0 Å². The van der Waals surface area contributed by atoms with E-state index in [1.54, 1.807) is 22.9 Å². The highest BCUT2D eigenvalue weighted by molar-refractivity contribution is 7.73. The summed E-state index contributed by atoms with van der Waals surface area (Å²) < 4.78 is 21.2. The zero-order valence-corrected chi connectivity index (χ0v) is 16.1. The first-order chi connectivity index (χ1) is 12.6. The molecule has 1 N–H and O–H groups in total. The third kappa shape index (κ3) is 4.66. The monoisotopic (exact) mass is 396 g/mol. The highest BCUT2D eigenvalue weighted by atomic mass is 32.1. The van der Waals surface area contributed by atoms with Gasteiger partial charge in [0.05, 0.1) is 24.9 Å². The summed E-state index contributed by atoms with van der Waals surface area (Å²) in [5.41, 5.74) is 0.374. The summed E-state index contributed by atoms with van der Waals surface area (Å²) in [6.45, 7) is 4.39. The molecule has 140 valence electrons. The van der Waals surface area contributed by atoms with Crippen molar-refractivity contribution >= 4 is 40.3 Å². The Morgan fingerprint density at radius 1 is 1.42 bits per heavy atom. The lowest BCUT2D eigenvalue weighted by Crippen LogP contribution is -2.38. The minimum Gasteiger partial charge on any atom is -0.466 e. The van der Waals surface area contributed by atoms with E-state index in [-0.39, 0.29) is 17.7 Å². The molecule has 0 radical (unpaired) electrons. The number of esters is 1. The average molecular weight is 397 g/mol. The second-order valence-electron chi connectivity index (χ2n) is 6.06. The first-order valence-corrected chi connectivity index (χ1v) is 9.77. The number of ether oxygens (including phenoxy) is 1. The maximum absolute atomic E-state index is 13.7. The van der Waals surface area contributed by atoms with E-state index in [9.17, 15) is 9.18 Å². The molecule has 1 saturated heterocycles. The molecule has 0 aliphatic carbocycles. The molecule has 1 aromatic heterocycles. The predicted molar refractivity (Wildman–Crippen MR) is 102 cm³/mol. The zero-order valence-electron chi connectivity index (χ0n) is 14.5. The van der Waals surface area contributed by atoms with Gasteiger partial charge in [0.2, 0.25) is 5.13 Å².